The minimum absolute atomic E-state index is 0.00889. The molecule has 2 aliphatic rings. The van der Waals surface area contributed by atoms with Crippen molar-refractivity contribution in [2.75, 3.05) is 19.3 Å². The standard InChI is InChI=1S/C29H38N4O2S/c1-18(2)16-32-28(34)23-15-22(13-9-10-14-25(23)36-5)27-20(4)26(33-29(30)35)19(3)24(17-31-27)21-11-7-6-8-12-21/h6-9,11-13,15,18-19,24H,10,14,16-17H2,1-5H3,(H,32,34)(H3,30,33,35). The molecular formula is C29H38N4O2S. The van der Waals surface area contributed by atoms with Gasteiger partial charge in [-0.25, -0.2) is 4.79 Å². The highest BCUT2D eigenvalue weighted by atomic mass is 32.2. The fraction of sp³-hybridized carbons (Fsp3) is 0.414. The van der Waals surface area contributed by atoms with Crippen LogP contribution in [0.15, 0.2) is 80.9 Å². The van der Waals surface area contributed by atoms with E-state index in [0.29, 0.717) is 24.6 Å². The number of rotatable bonds is 7. The molecule has 6 nitrogen and oxygen atoms in total. The van der Waals surface area contributed by atoms with Crippen molar-refractivity contribution in [3.8, 4) is 0 Å². The van der Waals surface area contributed by atoms with Gasteiger partial charge in [0.2, 0.25) is 0 Å². The number of carbonyl (C=O) groups excluding carboxylic acids is 2. The van der Waals surface area contributed by atoms with Gasteiger partial charge >= 0.3 is 6.03 Å². The molecule has 0 saturated heterocycles. The molecular weight excluding hydrogens is 468 g/mol. The molecule has 0 spiro atoms. The lowest BCUT2D eigenvalue weighted by Gasteiger charge is -2.25. The Morgan fingerprint density at radius 2 is 1.94 bits per heavy atom. The van der Waals surface area contributed by atoms with Crippen molar-refractivity contribution in [2.45, 2.75) is 46.5 Å². The normalized spacial score (nSPS) is 20.8. The number of carbonyl (C=O) groups is 2. The van der Waals surface area contributed by atoms with Crippen LogP contribution in [0.4, 0.5) is 4.79 Å². The van der Waals surface area contributed by atoms with Gasteiger partial charge in [0.05, 0.1) is 5.71 Å². The van der Waals surface area contributed by atoms with Gasteiger partial charge in [0.25, 0.3) is 5.91 Å². The highest BCUT2D eigenvalue weighted by Gasteiger charge is 2.30. The van der Waals surface area contributed by atoms with Crippen LogP contribution in [0.5, 0.6) is 0 Å². The largest absolute Gasteiger partial charge is 0.352 e. The molecule has 0 saturated carbocycles. The van der Waals surface area contributed by atoms with Gasteiger partial charge in [0, 0.05) is 41.8 Å². The lowest BCUT2D eigenvalue weighted by molar-refractivity contribution is -0.117. The van der Waals surface area contributed by atoms with Crippen LogP contribution in [0, 0.1) is 11.8 Å². The number of benzene rings is 1. The van der Waals surface area contributed by atoms with Crippen LogP contribution in [-0.2, 0) is 4.79 Å². The van der Waals surface area contributed by atoms with Crippen molar-refractivity contribution in [2.24, 2.45) is 22.6 Å². The molecule has 2 unspecified atom stereocenters. The zero-order chi connectivity index (χ0) is 26.2. The maximum atomic E-state index is 13.2. The Morgan fingerprint density at radius 3 is 2.58 bits per heavy atom. The van der Waals surface area contributed by atoms with Gasteiger partial charge in [-0.3, -0.25) is 9.79 Å². The summed E-state index contributed by atoms with van der Waals surface area (Å²) in [4.78, 5) is 31.4. The molecule has 36 heavy (non-hydrogen) atoms. The maximum Gasteiger partial charge on any atom is 0.316 e. The summed E-state index contributed by atoms with van der Waals surface area (Å²) in [6, 6.07) is 9.63. The first-order valence-electron chi connectivity index (χ1n) is 12.5. The average molecular weight is 507 g/mol. The third-order valence-corrected chi connectivity index (χ3v) is 7.54. The molecule has 4 N–H and O–H groups in total. The van der Waals surface area contributed by atoms with E-state index in [9.17, 15) is 9.59 Å². The third-order valence-electron chi connectivity index (χ3n) is 6.62. The SMILES string of the molecule is CSC1=C(C(=O)NCC(C)C)C=C(C2=NCC(c3ccccc3)C(C)C(NC(N)=O)=C2C)C=CCC1. The minimum atomic E-state index is -0.593. The van der Waals surface area contributed by atoms with Crippen LogP contribution < -0.4 is 16.4 Å². The van der Waals surface area contributed by atoms with Crippen LogP contribution in [0.25, 0.3) is 0 Å². The summed E-state index contributed by atoms with van der Waals surface area (Å²) in [5.74, 6) is 0.359. The van der Waals surface area contributed by atoms with E-state index in [4.69, 9.17) is 10.7 Å². The number of allylic oxidation sites excluding steroid dienone is 6. The zero-order valence-corrected chi connectivity index (χ0v) is 22.7. The molecule has 192 valence electrons. The molecule has 3 rings (SSSR count). The van der Waals surface area contributed by atoms with Crippen molar-refractivity contribution >= 4 is 29.4 Å². The molecule has 7 heteroatoms. The lowest BCUT2D eigenvalue weighted by Crippen LogP contribution is -2.34. The quantitative estimate of drug-likeness (QED) is 0.458. The van der Waals surface area contributed by atoms with Crippen LogP contribution in [0.3, 0.4) is 0 Å². The van der Waals surface area contributed by atoms with Crippen LogP contribution >= 0.6 is 11.8 Å². The van der Waals surface area contributed by atoms with E-state index in [0.717, 1.165) is 45.9 Å². The Kier molecular flexibility index (Phi) is 9.76. The van der Waals surface area contributed by atoms with Crippen molar-refractivity contribution in [3.05, 3.63) is 81.4 Å². The summed E-state index contributed by atoms with van der Waals surface area (Å²) >= 11 is 1.61. The second-order valence-corrected chi connectivity index (χ2v) is 10.6. The average Bonchev–Trinajstić information content (AvgIpc) is 2.95. The molecule has 0 bridgehead atoms. The summed E-state index contributed by atoms with van der Waals surface area (Å²) in [7, 11) is 0. The second kappa shape index (κ2) is 12.8. The number of nitrogens with two attached hydrogens (primary N) is 1. The molecule has 0 aromatic heterocycles. The Labute approximate surface area is 219 Å². The lowest BCUT2D eigenvalue weighted by atomic mass is 9.84. The highest BCUT2D eigenvalue weighted by Crippen LogP contribution is 2.35. The molecule has 1 aliphatic carbocycles. The number of hydrogen-bond donors (Lipinski definition) is 3. The van der Waals surface area contributed by atoms with E-state index in [1.165, 1.54) is 0 Å². The third kappa shape index (κ3) is 6.78. The summed E-state index contributed by atoms with van der Waals surface area (Å²) in [6.45, 7) is 9.41. The Hall–Kier alpha value is -3.06. The summed E-state index contributed by atoms with van der Waals surface area (Å²) in [5, 5.41) is 5.97. The first-order valence-corrected chi connectivity index (χ1v) is 13.8. The molecule has 0 radical (unpaired) electrons. The maximum absolute atomic E-state index is 13.2. The van der Waals surface area contributed by atoms with Gasteiger partial charge in [-0.1, -0.05) is 63.3 Å². The van der Waals surface area contributed by atoms with Crippen molar-refractivity contribution < 1.29 is 9.59 Å². The Morgan fingerprint density at radius 1 is 1.22 bits per heavy atom. The summed E-state index contributed by atoms with van der Waals surface area (Å²) in [6.07, 6.45) is 9.79. The van der Waals surface area contributed by atoms with E-state index in [1.54, 1.807) is 11.8 Å². The molecule has 3 amide bonds. The first-order chi connectivity index (χ1) is 17.2. The summed E-state index contributed by atoms with van der Waals surface area (Å²) in [5.41, 5.74) is 10.7. The zero-order valence-electron chi connectivity index (χ0n) is 21.9. The number of aliphatic imine (C=N–C) groups is 1. The molecule has 1 aromatic rings. The number of amides is 3. The van der Waals surface area contributed by atoms with Gasteiger partial charge < -0.3 is 16.4 Å². The van der Waals surface area contributed by atoms with Gasteiger partial charge in [0.1, 0.15) is 0 Å². The van der Waals surface area contributed by atoms with Gasteiger partial charge in [0.15, 0.2) is 0 Å². The molecule has 2 atom stereocenters. The van der Waals surface area contributed by atoms with Crippen LogP contribution in [-0.4, -0.2) is 37.0 Å². The molecule has 1 aromatic carbocycles. The monoisotopic (exact) mass is 506 g/mol. The van der Waals surface area contributed by atoms with E-state index in [1.807, 2.05) is 43.5 Å². The van der Waals surface area contributed by atoms with Crippen LogP contribution in [0.1, 0.15) is 52.0 Å². The van der Waals surface area contributed by atoms with Crippen molar-refractivity contribution in [1.82, 2.24) is 10.6 Å². The van der Waals surface area contributed by atoms with E-state index in [2.05, 4.69) is 49.6 Å². The number of primary amides is 1. The fourth-order valence-corrected chi connectivity index (χ4v) is 5.36. The minimum Gasteiger partial charge on any atom is -0.352 e. The van der Waals surface area contributed by atoms with Crippen molar-refractivity contribution in [3.63, 3.8) is 0 Å². The Balaban J connectivity index is 2.13. The van der Waals surface area contributed by atoms with E-state index in [-0.39, 0.29) is 17.7 Å². The molecule has 1 heterocycles. The van der Waals surface area contributed by atoms with Gasteiger partial charge in [-0.15, -0.1) is 11.8 Å². The van der Waals surface area contributed by atoms with Crippen molar-refractivity contribution in [1.29, 1.82) is 0 Å². The molecule has 1 aliphatic heterocycles. The predicted octanol–water partition coefficient (Wildman–Crippen LogP) is 5.47. The van der Waals surface area contributed by atoms with Gasteiger partial charge in [-0.2, -0.15) is 0 Å². The number of urea groups is 1. The molecule has 0 fully saturated rings. The predicted molar refractivity (Wildman–Crippen MR) is 151 cm³/mol. The number of hydrogen-bond acceptors (Lipinski definition) is 4. The fourth-order valence-electron chi connectivity index (χ4n) is 4.67. The Bertz CT molecular complexity index is 1130. The van der Waals surface area contributed by atoms with Crippen LogP contribution in [0.2, 0.25) is 0 Å². The number of nitrogens with one attached hydrogen (secondary N) is 2. The van der Waals surface area contributed by atoms with Gasteiger partial charge in [-0.05, 0) is 54.1 Å². The number of thioether (sulfide) groups is 1. The van der Waals surface area contributed by atoms with E-state index >= 15 is 0 Å². The smallest absolute Gasteiger partial charge is 0.316 e. The highest BCUT2D eigenvalue weighted by molar-refractivity contribution is 8.02. The summed E-state index contributed by atoms with van der Waals surface area (Å²) < 4.78 is 0. The van der Waals surface area contributed by atoms with E-state index < -0.39 is 6.03 Å². The number of nitrogens with zero attached hydrogens (tertiary/aromatic N) is 1. The first kappa shape index (κ1) is 27.5. The second-order valence-electron chi connectivity index (χ2n) is 9.71. The topological polar surface area (TPSA) is 96.6 Å².